The molecule has 0 aliphatic carbocycles. The Morgan fingerprint density at radius 3 is 2.47 bits per heavy atom. The SMILES string of the molecule is COc1ccc(-c2cc(C(=O)NCCN3CCCCC3)n(-c3ccc(Cl)c(Cl)c3)n2)cc1. The number of amides is 1. The minimum absolute atomic E-state index is 0.180. The zero-order valence-electron chi connectivity index (χ0n) is 18.0. The summed E-state index contributed by atoms with van der Waals surface area (Å²) in [6.45, 7) is 3.62. The maximum atomic E-state index is 13.1. The standard InChI is InChI=1S/C24H26Cl2N4O2/c1-32-19-8-5-17(6-9-19)22-16-23(24(31)27-11-14-29-12-3-2-4-13-29)30(28-22)18-7-10-20(25)21(26)15-18/h5-10,15-16H,2-4,11-14H2,1H3,(H,27,31). The van der Waals surface area contributed by atoms with E-state index in [1.165, 1.54) is 19.3 Å². The summed E-state index contributed by atoms with van der Waals surface area (Å²) in [4.78, 5) is 15.5. The zero-order chi connectivity index (χ0) is 22.5. The lowest BCUT2D eigenvalue weighted by Crippen LogP contribution is -2.38. The summed E-state index contributed by atoms with van der Waals surface area (Å²) >= 11 is 12.3. The first-order valence-corrected chi connectivity index (χ1v) is 11.5. The van der Waals surface area contributed by atoms with Gasteiger partial charge < -0.3 is 15.0 Å². The van der Waals surface area contributed by atoms with Crippen LogP contribution in [0.1, 0.15) is 29.8 Å². The second-order valence-corrected chi connectivity index (χ2v) is 8.63. The maximum absolute atomic E-state index is 13.1. The van der Waals surface area contributed by atoms with Crippen molar-refractivity contribution in [1.29, 1.82) is 0 Å². The number of methoxy groups -OCH3 is 1. The van der Waals surface area contributed by atoms with Crippen LogP contribution in [-0.4, -0.2) is 53.9 Å². The van der Waals surface area contributed by atoms with Crippen LogP contribution in [0.2, 0.25) is 10.0 Å². The van der Waals surface area contributed by atoms with Crippen LogP contribution in [0.15, 0.2) is 48.5 Å². The first-order valence-electron chi connectivity index (χ1n) is 10.8. The third kappa shape index (κ3) is 5.26. The quantitative estimate of drug-likeness (QED) is 0.521. The number of benzene rings is 2. The molecule has 8 heteroatoms. The van der Waals surface area contributed by atoms with Crippen molar-refractivity contribution >= 4 is 29.1 Å². The molecule has 0 unspecified atom stereocenters. The molecule has 1 aliphatic heterocycles. The Labute approximate surface area is 198 Å². The highest BCUT2D eigenvalue weighted by Crippen LogP contribution is 2.28. The molecule has 0 spiro atoms. The molecule has 32 heavy (non-hydrogen) atoms. The van der Waals surface area contributed by atoms with E-state index < -0.39 is 0 Å². The molecular weight excluding hydrogens is 447 g/mol. The van der Waals surface area contributed by atoms with Crippen LogP contribution in [0.3, 0.4) is 0 Å². The number of likely N-dealkylation sites (tertiary alicyclic amines) is 1. The predicted molar refractivity (Wildman–Crippen MR) is 128 cm³/mol. The number of halogens is 2. The molecule has 0 saturated carbocycles. The Balaban J connectivity index is 1.59. The van der Waals surface area contributed by atoms with Gasteiger partial charge in [0.25, 0.3) is 5.91 Å². The van der Waals surface area contributed by atoms with Crippen molar-refractivity contribution in [3.63, 3.8) is 0 Å². The fraction of sp³-hybridized carbons (Fsp3) is 0.333. The lowest BCUT2D eigenvalue weighted by atomic mass is 10.1. The fourth-order valence-electron chi connectivity index (χ4n) is 3.86. The van der Waals surface area contributed by atoms with Crippen molar-refractivity contribution in [2.75, 3.05) is 33.3 Å². The molecule has 1 N–H and O–H groups in total. The van der Waals surface area contributed by atoms with Crippen molar-refractivity contribution in [2.45, 2.75) is 19.3 Å². The van der Waals surface area contributed by atoms with Gasteiger partial charge in [0.2, 0.25) is 0 Å². The van der Waals surface area contributed by atoms with E-state index in [1.807, 2.05) is 24.3 Å². The molecule has 0 bridgehead atoms. The average molecular weight is 473 g/mol. The highest BCUT2D eigenvalue weighted by atomic mass is 35.5. The molecule has 0 atom stereocenters. The molecule has 1 fully saturated rings. The van der Waals surface area contributed by atoms with E-state index in [9.17, 15) is 4.79 Å². The number of rotatable bonds is 7. The normalized spacial score (nSPS) is 14.3. The van der Waals surface area contributed by atoms with Crippen molar-refractivity contribution in [3.05, 3.63) is 64.3 Å². The van der Waals surface area contributed by atoms with Crippen LogP contribution in [0.5, 0.6) is 5.75 Å². The molecule has 4 rings (SSSR count). The van der Waals surface area contributed by atoms with Gasteiger partial charge in [0.15, 0.2) is 0 Å². The van der Waals surface area contributed by atoms with Crippen molar-refractivity contribution < 1.29 is 9.53 Å². The Morgan fingerprint density at radius 2 is 1.78 bits per heavy atom. The number of nitrogens with one attached hydrogen (secondary N) is 1. The third-order valence-electron chi connectivity index (χ3n) is 5.64. The molecule has 6 nitrogen and oxygen atoms in total. The molecule has 1 aliphatic rings. The Bertz CT molecular complexity index is 1080. The van der Waals surface area contributed by atoms with Gasteiger partial charge >= 0.3 is 0 Å². The molecule has 1 aromatic heterocycles. The summed E-state index contributed by atoms with van der Waals surface area (Å²) in [5.74, 6) is 0.577. The van der Waals surface area contributed by atoms with E-state index in [1.54, 1.807) is 36.1 Å². The van der Waals surface area contributed by atoms with E-state index in [2.05, 4.69) is 10.2 Å². The number of carbonyl (C=O) groups is 1. The maximum Gasteiger partial charge on any atom is 0.270 e. The van der Waals surface area contributed by atoms with Crippen LogP contribution in [-0.2, 0) is 0 Å². The monoisotopic (exact) mass is 472 g/mol. The molecule has 2 heterocycles. The summed E-state index contributed by atoms with van der Waals surface area (Å²) in [5, 5.41) is 8.60. The van der Waals surface area contributed by atoms with Gasteiger partial charge in [0.05, 0.1) is 28.5 Å². The highest BCUT2D eigenvalue weighted by molar-refractivity contribution is 6.42. The number of ether oxygens (including phenoxy) is 1. The van der Waals surface area contributed by atoms with E-state index in [0.717, 1.165) is 30.9 Å². The van der Waals surface area contributed by atoms with E-state index >= 15 is 0 Å². The summed E-state index contributed by atoms with van der Waals surface area (Å²) in [7, 11) is 1.63. The number of hydrogen-bond acceptors (Lipinski definition) is 4. The first-order chi connectivity index (χ1) is 15.5. The zero-order valence-corrected chi connectivity index (χ0v) is 19.5. The third-order valence-corrected chi connectivity index (χ3v) is 6.38. The lowest BCUT2D eigenvalue weighted by Gasteiger charge is -2.26. The van der Waals surface area contributed by atoms with Gasteiger partial charge in [-0.25, -0.2) is 4.68 Å². The van der Waals surface area contributed by atoms with Crippen LogP contribution in [0.4, 0.5) is 0 Å². The lowest BCUT2D eigenvalue weighted by molar-refractivity contribution is 0.0939. The number of hydrogen-bond donors (Lipinski definition) is 1. The van der Waals surface area contributed by atoms with Gasteiger partial charge in [-0.3, -0.25) is 4.79 Å². The van der Waals surface area contributed by atoms with Crippen LogP contribution in [0.25, 0.3) is 16.9 Å². The molecule has 3 aromatic rings. The van der Waals surface area contributed by atoms with Crippen molar-refractivity contribution in [1.82, 2.24) is 20.0 Å². The second-order valence-electron chi connectivity index (χ2n) is 7.81. The van der Waals surface area contributed by atoms with Crippen LogP contribution in [0, 0.1) is 0 Å². The van der Waals surface area contributed by atoms with E-state index in [-0.39, 0.29) is 5.91 Å². The van der Waals surface area contributed by atoms with E-state index in [4.69, 9.17) is 33.0 Å². The Hall–Kier alpha value is -2.54. The molecule has 1 amide bonds. The van der Waals surface area contributed by atoms with Crippen LogP contribution < -0.4 is 10.1 Å². The van der Waals surface area contributed by atoms with Gasteiger partial charge in [-0.05, 0) is 74.5 Å². The second kappa shape index (κ2) is 10.4. The van der Waals surface area contributed by atoms with Gasteiger partial charge in [0, 0.05) is 18.7 Å². The largest absolute Gasteiger partial charge is 0.497 e. The fourth-order valence-corrected chi connectivity index (χ4v) is 4.15. The Morgan fingerprint density at radius 1 is 1.03 bits per heavy atom. The van der Waals surface area contributed by atoms with Gasteiger partial charge in [-0.1, -0.05) is 29.6 Å². The smallest absolute Gasteiger partial charge is 0.270 e. The van der Waals surface area contributed by atoms with Crippen molar-refractivity contribution in [3.8, 4) is 22.7 Å². The minimum Gasteiger partial charge on any atom is -0.497 e. The van der Waals surface area contributed by atoms with Crippen molar-refractivity contribution in [2.24, 2.45) is 0 Å². The predicted octanol–water partition coefficient (Wildman–Crippen LogP) is 5.07. The van der Waals surface area contributed by atoms with Crippen LogP contribution >= 0.6 is 23.2 Å². The van der Waals surface area contributed by atoms with E-state index in [0.29, 0.717) is 33.7 Å². The summed E-state index contributed by atoms with van der Waals surface area (Å²) < 4.78 is 6.85. The first kappa shape index (κ1) is 22.6. The molecule has 0 radical (unpaired) electrons. The topological polar surface area (TPSA) is 59.4 Å². The molecule has 1 saturated heterocycles. The van der Waals surface area contributed by atoms with Gasteiger partial charge in [0.1, 0.15) is 11.4 Å². The Kier molecular flexibility index (Phi) is 7.35. The minimum atomic E-state index is -0.180. The number of aromatic nitrogens is 2. The summed E-state index contributed by atoms with van der Waals surface area (Å²) in [6, 6.07) is 14.6. The number of piperidine rings is 1. The number of nitrogens with zero attached hydrogens (tertiary/aromatic N) is 3. The average Bonchev–Trinajstić information content (AvgIpc) is 3.27. The summed E-state index contributed by atoms with van der Waals surface area (Å²) in [5.41, 5.74) is 2.67. The molecular formula is C24H26Cl2N4O2. The highest BCUT2D eigenvalue weighted by Gasteiger charge is 2.19. The van der Waals surface area contributed by atoms with Gasteiger partial charge in [-0.2, -0.15) is 5.10 Å². The molecule has 168 valence electrons. The number of carbonyl (C=O) groups excluding carboxylic acids is 1. The van der Waals surface area contributed by atoms with Gasteiger partial charge in [-0.15, -0.1) is 0 Å². The molecule has 2 aromatic carbocycles. The summed E-state index contributed by atoms with van der Waals surface area (Å²) in [6.07, 6.45) is 3.74.